The largest absolute Gasteiger partial charge is 0.413 e. The van der Waals surface area contributed by atoms with E-state index in [0.717, 1.165) is 6.08 Å². The summed E-state index contributed by atoms with van der Waals surface area (Å²) in [6.07, 6.45) is -2.34. The molecule has 0 radical (unpaired) electrons. The van der Waals surface area contributed by atoms with Crippen LogP contribution in [0.2, 0.25) is 0 Å². The van der Waals surface area contributed by atoms with Crippen LogP contribution in [0.5, 0.6) is 0 Å². The standard InChI is InChI=1S/C13H17BrF3N/c1-5-6-10(13(15,16)17)7-11(8(2)3)12(18)9(4)14/h5,7-8H,1,4,6,18H2,2-3H3/b10-7+,12-11-. The third kappa shape index (κ3) is 5.12. The Hall–Kier alpha value is -0.970. The summed E-state index contributed by atoms with van der Waals surface area (Å²) in [5, 5.41) is 0. The van der Waals surface area contributed by atoms with Gasteiger partial charge in [-0.25, -0.2) is 0 Å². The molecule has 0 rings (SSSR count). The van der Waals surface area contributed by atoms with Crippen LogP contribution in [0.15, 0.2) is 46.6 Å². The highest BCUT2D eigenvalue weighted by Gasteiger charge is 2.32. The van der Waals surface area contributed by atoms with E-state index >= 15 is 0 Å². The molecule has 5 heteroatoms. The summed E-state index contributed by atoms with van der Waals surface area (Å²) in [4.78, 5) is 0. The molecule has 0 aromatic carbocycles. The summed E-state index contributed by atoms with van der Waals surface area (Å²) in [6, 6.07) is 0. The normalized spacial score (nSPS) is 14.5. The van der Waals surface area contributed by atoms with Gasteiger partial charge in [-0.1, -0.05) is 26.5 Å². The lowest BCUT2D eigenvalue weighted by Crippen LogP contribution is -2.14. The SMILES string of the molecule is C=CC/C(=C\C(=C(\N)C(=C)Br)C(C)C)C(F)(F)F. The predicted molar refractivity (Wildman–Crippen MR) is 73.1 cm³/mol. The molecule has 0 saturated carbocycles. The molecule has 18 heavy (non-hydrogen) atoms. The minimum atomic E-state index is -4.39. The van der Waals surface area contributed by atoms with Gasteiger partial charge >= 0.3 is 6.18 Å². The molecule has 0 atom stereocenters. The average Bonchev–Trinajstić information content (AvgIpc) is 2.20. The first-order valence-corrected chi connectivity index (χ1v) is 6.13. The first kappa shape index (κ1) is 17.0. The van der Waals surface area contributed by atoms with Gasteiger partial charge in [-0.3, -0.25) is 0 Å². The lowest BCUT2D eigenvalue weighted by molar-refractivity contribution is -0.0929. The van der Waals surface area contributed by atoms with Gasteiger partial charge < -0.3 is 5.73 Å². The van der Waals surface area contributed by atoms with E-state index in [1.54, 1.807) is 13.8 Å². The fourth-order valence-corrected chi connectivity index (χ4v) is 1.54. The van der Waals surface area contributed by atoms with Crippen LogP contribution in [0, 0.1) is 5.92 Å². The van der Waals surface area contributed by atoms with Gasteiger partial charge in [0.05, 0.1) is 0 Å². The molecule has 0 aromatic heterocycles. The lowest BCUT2D eigenvalue weighted by Gasteiger charge is -2.15. The van der Waals surface area contributed by atoms with Crippen LogP contribution in [0.1, 0.15) is 20.3 Å². The summed E-state index contributed by atoms with van der Waals surface area (Å²) in [5.41, 5.74) is 5.72. The van der Waals surface area contributed by atoms with Crippen LogP contribution in [-0.4, -0.2) is 6.18 Å². The maximum absolute atomic E-state index is 12.8. The molecule has 0 bridgehead atoms. The quantitative estimate of drug-likeness (QED) is 0.569. The van der Waals surface area contributed by atoms with Gasteiger partial charge in [0.25, 0.3) is 0 Å². The second kappa shape index (κ2) is 6.83. The van der Waals surface area contributed by atoms with E-state index in [4.69, 9.17) is 5.73 Å². The van der Waals surface area contributed by atoms with Crippen molar-refractivity contribution in [2.24, 2.45) is 11.7 Å². The number of hydrogen-bond acceptors (Lipinski definition) is 1. The van der Waals surface area contributed by atoms with E-state index in [1.807, 2.05) is 0 Å². The number of hydrogen-bond donors (Lipinski definition) is 1. The molecular formula is C13H17BrF3N. The molecule has 0 aliphatic rings. The maximum Gasteiger partial charge on any atom is 0.413 e. The molecule has 0 unspecified atom stereocenters. The number of allylic oxidation sites excluding steroid dienone is 5. The highest BCUT2D eigenvalue weighted by molar-refractivity contribution is 9.11. The Kier molecular flexibility index (Phi) is 6.46. The molecule has 0 spiro atoms. The fraction of sp³-hybridized carbons (Fsp3) is 0.385. The minimum absolute atomic E-state index is 0.138. The topological polar surface area (TPSA) is 26.0 Å². The third-order valence-electron chi connectivity index (χ3n) is 2.28. The highest BCUT2D eigenvalue weighted by atomic mass is 79.9. The molecule has 0 aromatic rings. The zero-order valence-electron chi connectivity index (χ0n) is 10.4. The molecule has 0 saturated heterocycles. The molecule has 0 heterocycles. The summed E-state index contributed by atoms with van der Waals surface area (Å²) < 4.78 is 38.7. The molecule has 0 aliphatic heterocycles. The second-order valence-corrected chi connectivity index (χ2v) is 5.05. The van der Waals surface area contributed by atoms with Gasteiger partial charge in [0.15, 0.2) is 0 Å². The molecule has 1 nitrogen and oxygen atoms in total. The Morgan fingerprint density at radius 1 is 1.39 bits per heavy atom. The zero-order valence-corrected chi connectivity index (χ0v) is 12.0. The zero-order chi connectivity index (χ0) is 14.5. The first-order valence-electron chi connectivity index (χ1n) is 5.34. The Morgan fingerprint density at radius 2 is 1.89 bits per heavy atom. The van der Waals surface area contributed by atoms with E-state index in [1.165, 1.54) is 6.08 Å². The summed E-state index contributed by atoms with van der Waals surface area (Å²) in [5.74, 6) is -0.138. The van der Waals surface area contributed by atoms with E-state index in [0.29, 0.717) is 10.1 Å². The van der Waals surface area contributed by atoms with Crippen LogP contribution < -0.4 is 5.73 Å². The predicted octanol–water partition coefficient (Wildman–Crippen LogP) is 4.83. The van der Waals surface area contributed by atoms with Crippen molar-refractivity contribution in [2.75, 3.05) is 0 Å². The van der Waals surface area contributed by atoms with Crippen molar-refractivity contribution in [1.82, 2.24) is 0 Å². The van der Waals surface area contributed by atoms with Crippen LogP contribution in [-0.2, 0) is 0 Å². The van der Waals surface area contributed by atoms with Crippen molar-refractivity contribution in [3.8, 4) is 0 Å². The Bertz CT molecular complexity index is 390. The van der Waals surface area contributed by atoms with Crippen molar-refractivity contribution in [2.45, 2.75) is 26.4 Å². The van der Waals surface area contributed by atoms with Crippen LogP contribution in [0.4, 0.5) is 13.2 Å². The van der Waals surface area contributed by atoms with Crippen molar-refractivity contribution in [1.29, 1.82) is 0 Å². The van der Waals surface area contributed by atoms with Crippen LogP contribution in [0.3, 0.4) is 0 Å². The highest BCUT2D eigenvalue weighted by Crippen LogP contribution is 2.32. The molecule has 102 valence electrons. The molecular weight excluding hydrogens is 307 g/mol. The lowest BCUT2D eigenvalue weighted by atomic mass is 9.97. The molecule has 0 amide bonds. The Morgan fingerprint density at radius 3 is 2.17 bits per heavy atom. The van der Waals surface area contributed by atoms with Gasteiger partial charge in [0, 0.05) is 15.8 Å². The number of nitrogens with two attached hydrogens (primary N) is 1. The Balaban J connectivity index is 5.72. The Labute approximate surface area is 114 Å². The molecule has 2 N–H and O–H groups in total. The van der Waals surface area contributed by atoms with Gasteiger partial charge in [0.2, 0.25) is 0 Å². The van der Waals surface area contributed by atoms with Gasteiger partial charge in [-0.2, -0.15) is 13.2 Å². The monoisotopic (exact) mass is 323 g/mol. The van der Waals surface area contributed by atoms with Gasteiger partial charge in [-0.15, -0.1) is 6.58 Å². The molecule has 0 aliphatic carbocycles. The second-order valence-electron chi connectivity index (χ2n) is 4.09. The summed E-state index contributed by atoms with van der Waals surface area (Å²) >= 11 is 3.08. The number of rotatable bonds is 5. The van der Waals surface area contributed by atoms with E-state index in [2.05, 4.69) is 29.1 Å². The molecule has 0 fully saturated rings. The fourth-order valence-electron chi connectivity index (χ4n) is 1.31. The number of alkyl halides is 3. The summed E-state index contributed by atoms with van der Waals surface area (Å²) in [6.45, 7) is 10.5. The first-order chi connectivity index (χ1) is 8.11. The minimum Gasteiger partial charge on any atom is -0.398 e. The van der Waals surface area contributed by atoms with Gasteiger partial charge in [0.1, 0.15) is 0 Å². The number of halogens is 4. The van der Waals surface area contributed by atoms with Crippen molar-refractivity contribution in [3.05, 3.63) is 46.6 Å². The van der Waals surface area contributed by atoms with Crippen LogP contribution >= 0.6 is 15.9 Å². The van der Waals surface area contributed by atoms with Crippen molar-refractivity contribution < 1.29 is 13.2 Å². The smallest absolute Gasteiger partial charge is 0.398 e. The third-order valence-corrected chi connectivity index (χ3v) is 2.71. The van der Waals surface area contributed by atoms with Crippen LogP contribution in [0.25, 0.3) is 0 Å². The van der Waals surface area contributed by atoms with Crippen molar-refractivity contribution in [3.63, 3.8) is 0 Å². The van der Waals surface area contributed by atoms with Gasteiger partial charge in [-0.05, 0) is 39.9 Å². The van der Waals surface area contributed by atoms with E-state index in [-0.39, 0.29) is 18.0 Å². The van der Waals surface area contributed by atoms with Crippen molar-refractivity contribution >= 4 is 15.9 Å². The average molecular weight is 324 g/mol. The summed E-state index contributed by atoms with van der Waals surface area (Å²) in [7, 11) is 0. The maximum atomic E-state index is 12.8. The van der Waals surface area contributed by atoms with E-state index < -0.39 is 11.7 Å². The van der Waals surface area contributed by atoms with E-state index in [9.17, 15) is 13.2 Å².